The topological polar surface area (TPSA) is 122 Å². The Hall–Kier alpha value is -3.75. The van der Waals surface area contributed by atoms with Crippen LogP contribution in [-0.4, -0.2) is 37.8 Å². The minimum absolute atomic E-state index is 0.00942. The molecule has 0 saturated carbocycles. The molecule has 0 atom stereocenters. The first-order chi connectivity index (χ1) is 13.8. The molecule has 0 radical (unpaired) electrons. The van der Waals surface area contributed by atoms with Crippen molar-refractivity contribution in [1.82, 2.24) is 25.3 Å². The number of aryl methyl sites for hydroxylation is 1. The Morgan fingerprint density at radius 3 is 2.48 bits per heavy atom. The summed E-state index contributed by atoms with van der Waals surface area (Å²) < 4.78 is 1.46. The van der Waals surface area contributed by atoms with E-state index >= 15 is 0 Å². The molecular weight excluding hydrogens is 372 g/mol. The van der Waals surface area contributed by atoms with Crippen LogP contribution >= 0.6 is 0 Å². The molecule has 0 aliphatic heterocycles. The molecule has 150 valence electrons. The van der Waals surface area contributed by atoms with Crippen molar-refractivity contribution in [2.75, 3.05) is 5.32 Å². The van der Waals surface area contributed by atoms with Gasteiger partial charge in [0.05, 0.1) is 17.5 Å². The van der Waals surface area contributed by atoms with E-state index in [0.29, 0.717) is 28.3 Å². The van der Waals surface area contributed by atoms with Gasteiger partial charge in [-0.05, 0) is 51.5 Å². The molecule has 3 aromatic rings. The van der Waals surface area contributed by atoms with Crippen LogP contribution in [0.25, 0.3) is 5.82 Å². The van der Waals surface area contributed by atoms with Crippen LogP contribution in [0.2, 0.25) is 0 Å². The van der Waals surface area contributed by atoms with Crippen LogP contribution in [0.3, 0.4) is 0 Å². The summed E-state index contributed by atoms with van der Waals surface area (Å²) in [4.78, 5) is 36.3. The number of hydrogen-bond acceptors (Lipinski definition) is 5. The Labute approximate surface area is 167 Å². The molecule has 29 heavy (non-hydrogen) atoms. The zero-order chi connectivity index (χ0) is 21.1. The summed E-state index contributed by atoms with van der Waals surface area (Å²) >= 11 is 0. The summed E-state index contributed by atoms with van der Waals surface area (Å²) in [5.74, 6) is -0.164. The number of anilines is 1. The van der Waals surface area contributed by atoms with Crippen molar-refractivity contribution in [3.8, 4) is 5.82 Å². The molecule has 2 amide bonds. The molecule has 0 bridgehead atoms. The Kier molecular flexibility index (Phi) is 5.58. The number of nitrogens with zero attached hydrogens (tertiary/aromatic N) is 3. The second-order valence-corrected chi connectivity index (χ2v) is 6.95. The smallest absolute Gasteiger partial charge is 0.264 e. The molecule has 1 aromatic carbocycles. The number of hydrogen-bond donors (Lipinski definition) is 3. The zero-order valence-corrected chi connectivity index (χ0v) is 16.6. The van der Waals surface area contributed by atoms with E-state index in [1.54, 1.807) is 25.1 Å². The molecule has 0 aliphatic rings. The Morgan fingerprint density at radius 1 is 1.07 bits per heavy atom. The van der Waals surface area contributed by atoms with Crippen molar-refractivity contribution in [2.45, 2.75) is 33.7 Å². The maximum atomic E-state index is 12.7. The van der Waals surface area contributed by atoms with Crippen molar-refractivity contribution in [3.63, 3.8) is 0 Å². The van der Waals surface area contributed by atoms with Gasteiger partial charge in [-0.1, -0.05) is 6.07 Å². The van der Waals surface area contributed by atoms with E-state index in [2.05, 4.69) is 25.9 Å². The molecule has 0 unspecified atom stereocenters. The van der Waals surface area contributed by atoms with Gasteiger partial charge >= 0.3 is 0 Å². The van der Waals surface area contributed by atoms with Gasteiger partial charge in [0, 0.05) is 23.4 Å². The monoisotopic (exact) mass is 394 g/mol. The molecule has 9 nitrogen and oxygen atoms in total. The van der Waals surface area contributed by atoms with Gasteiger partial charge in [0.25, 0.3) is 17.4 Å². The van der Waals surface area contributed by atoms with Gasteiger partial charge in [-0.25, -0.2) is 9.78 Å². The van der Waals surface area contributed by atoms with Crippen LogP contribution in [-0.2, 0) is 0 Å². The fourth-order valence-corrected chi connectivity index (χ4v) is 2.80. The van der Waals surface area contributed by atoms with Gasteiger partial charge in [-0.2, -0.15) is 10.2 Å². The summed E-state index contributed by atoms with van der Waals surface area (Å²) in [6, 6.07) is 8.02. The fraction of sp³-hybridized carbons (Fsp3) is 0.250. The van der Waals surface area contributed by atoms with E-state index in [1.165, 1.54) is 23.0 Å². The van der Waals surface area contributed by atoms with Gasteiger partial charge in [0.1, 0.15) is 0 Å². The van der Waals surface area contributed by atoms with Gasteiger partial charge in [0.2, 0.25) is 0 Å². The second-order valence-electron chi connectivity index (χ2n) is 6.95. The number of rotatable bonds is 5. The van der Waals surface area contributed by atoms with Crippen molar-refractivity contribution in [1.29, 1.82) is 0 Å². The third-order valence-electron chi connectivity index (χ3n) is 4.30. The molecular formula is C20H22N6O3. The Balaban J connectivity index is 1.83. The zero-order valence-electron chi connectivity index (χ0n) is 16.6. The van der Waals surface area contributed by atoms with Crippen molar-refractivity contribution in [2.24, 2.45) is 0 Å². The SMILES string of the molecule is Cc1ccc(NC(=O)c2cnn(-c3ccc(=O)[nH]n3)c2C)cc1C(=O)NC(C)C. The van der Waals surface area contributed by atoms with Crippen molar-refractivity contribution < 1.29 is 9.59 Å². The first kappa shape index (κ1) is 20.0. The molecule has 3 rings (SSSR count). The molecule has 0 aliphatic carbocycles. The lowest BCUT2D eigenvalue weighted by Crippen LogP contribution is -2.30. The van der Waals surface area contributed by atoms with Crippen LogP contribution < -0.4 is 16.2 Å². The van der Waals surface area contributed by atoms with Crippen LogP contribution in [0.4, 0.5) is 5.69 Å². The normalized spacial score (nSPS) is 10.8. The van der Waals surface area contributed by atoms with E-state index in [4.69, 9.17) is 0 Å². The largest absolute Gasteiger partial charge is 0.350 e. The number of benzene rings is 1. The number of nitrogens with one attached hydrogen (secondary N) is 3. The average molecular weight is 394 g/mol. The highest BCUT2D eigenvalue weighted by Gasteiger charge is 2.17. The standard InChI is InChI=1S/C20H22N6O3/c1-11(2)22-19(28)15-9-14(6-5-12(15)3)23-20(29)16-10-21-26(13(16)4)17-7-8-18(27)25-24-17/h5-11H,1-4H3,(H,22,28)(H,23,29)(H,25,27). The van der Waals surface area contributed by atoms with Crippen LogP contribution in [0, 0.1) is 13.8 Å². The average Bonchev–Trinajstić information content (AvgIpc) is 3.05. The van der Waals surface area contributed by atoms with Gasteiger partial charge < -0.3 is 10.6 Å². The number of carbonyl (C=O) groups excluding carboxylic acids is 2. The minimum atomic E-state index is -0.364. The van der Waals surface area contributed by atoms with E-state index < -0.39 is 0 Å². The van der Waals surface area contributed by atoms with Gasteiger partial charge in [0.15, 0.2) is 5.82 Å². The fourth-order valence-electron chi connectivity index (χ4n) is 2.80. The molecule has 9 heteroatoms. The predicted octanol–water partition coefficient (Wildman–Crippen LogP) is 1.96. The van der Waals surface area contributed by atoms with E-state index in [1.807, 2.05) is 20.8 Å². The van der Waals surface area contributed by atoms with E-state index in [-0.39, 0.29) is 23.4 Å². The van der Waals surface area contributed by atoms with Gasteiger partial charge in [-0.3, -0.25) is 14.4 Å². The summed E-state index contributed by atoms with van der Waals surface area (Å²) in [6.07, 6.45) is 1.43. The third-order valence-corrected chi connectivity index (χ3v) is 4.30. The maximum Gasteiger partial charge on any atom is 0.264 e. The second kappa shape index (κ2) is 8.09. The minimum Gasteiger partial charge on any atom is -0.350 e. The number of aromatic amines is 1. The highest BCUT2D eigenvalue weighted by molar-refractivity contribution is 6.06. The van der Waals surface area contributed by atoms with Crippen LogP contribution in [0.5, 0.6) is 0 Å². The quantitative estimate of drug-likeness (QED) is 0.611. The van der Waals surface area contributed by atoms with E-state index in [9.17, 15) is 14.4 Å². The number of aromatic nitrogens is 4. The maximum absolute atomic E-state index is 12.7. The first-order valence-electron chi connectivity index (χ1n) is 9.10. The molecule has 0 fully saturated rings. The van der Waals surface area contributed by atoms with Crippen LogP contribution in [0.1, 0.15) is 45.8 Å². The summed E-state index contributed by atoms with van der Waals surface area (Å²) in [5, 5.41) is 16.1. The number of H-pyrrole nitrogens is 1. The number of amides is 2. The summed E-state index contributed by atoms with van der Waals surface area (Å²) in [7, 11) is 0. The van der Waals surface area contributed by atoms with E-state index in [0.717, 1.165) is 5.56 Å². The van der Waals surface area contributed by atoms with Crippen LogP contribution in [0.15, 0.2) is 41.3 Å². The molecule has 2 aromatic heterocycles. The Bertz CT molecular complexity index is 1110. The number of carbonyl (C=O) groups is 2. The predicted molar refractivity (Wildman–Crippen MR) is 108 cm³/mol. The van der Waals surface area contributed by atoms with Gasteiger partial charge in [-0.15, -0.1) is 0 Å². The highest BCUT2D eigenvalue weighted by Crippen LogP contribution is 2.18. The highest BCUT2D eigenvalue weighted by atomic mass is 16.2. The molecule has 0 saturated heterocycles. The third kappa shape index (κ3) is 4.40. The summed E-state index contributed by atoms with van der Waals surface area (Å²) in [6.45, 7) is 7.34. The first-order valence-corrected chi connectivity index (χ1v) is 9.10. The lowest BCUT2D eigenvalue weighted by atomic mass is 10.1. The van der Waals surface area contributed by atoms with Crippen molar-refractivity contribution in [3.05, 3.63) is 69.3 Å². The lowest BCUT2D eigenvalue weighted by Gasteiger charge is -2.12. The summed E-state index contributed by atoms with van der Waals surface area (Å²) in [5.41, 5.74) is 2.41. The molecule has 3 N–H and O–H groups in total. The lowest BCUT2D eigenvalue weighted by molar-refractivity contribution is 0.0941. The molecule has 2 heterocycles. The Morgan fingerprint density at radius 2 is 1.83 bits per heavy atom. The van der Waals surface area contributed by atoms with Crippen molar-refractivity contribution >= 4 is 17.5 Å². The molecule has 0 spiro atoms.